The van der Waals surface area contributed by atoms with Crippen LogP contribution in [0.4, 0.5) is 0 Å². The molecule has 1 aromatic carbocycles. The Morgan fingerprint density at radius 1 is 1.08 bits per heavy atom. The van der Waals surface area contributed by atoms with E-state index in [1.54, 1.807) is 11.8 Å². The largest absolute Gasteiger partial charge is 0.340 e. The fourth-order valence-corrected chi connectivity index (χ4v) is 5.28. The zero-order chi connectivity index (χ0) is 18.9. The number of benzene rings is 1. The molecule has 0 bridgehead atoms. The van der Waals surface area contributed by atoms with Crippen LogP contribution in [0.2, 0.25) is 0 Å². The number of rotatable bonds is 4. The van der Waals surface area contributed by atoms with Gasteiger partial charge in [0.15, 0.2) is 0 Å². The van der Waals surface area contributed by atoms with Crippen molar-refractivity contribution in [2.24, 2.45) is 5.73 Å². The van der Waals surface area contributed by atoms with E-state index < -0.39 is 10.0 Å². The third-order valence-corrected chi connectivity index (χ3v) is 7.16. The van der Waals surface area contributed by atoms with Gasteiger partial charge in [-0.05, 0) is 56.9 Å². The fourth-order valence-electron chi connectivity index (χ4n) is 3.28. The second-order valence-corrected chi connectivity index (χ2v) is 8.93. The summed E-state index contributed by atoms with van der Waals surface area (Å²) >= 11 is 0. The van der Waals surface area contributed by atoms with Crippen molar-refractivity contribution in [3.05, 3.63) is 28.3 Å². The summed E-state index contributed by atoms with van der Waals surface area (Å²) in [5, 5.41) is 0. The second kappa shape index (κ2) is 7.43. The van der Waals surface area contributed by atoms with Gasteiger partial charge >= 0.3 is 0 Å². The molecule has 2 rings (SSSR count). The van der Waals surface area contributed by atoms with Gasteiger partial charge in [0.1, 0.15) is 0 Å². The molecule has 1 unspecified atom stereocenters. The van der Waals surface area contributed by atoms with E-state index >= 15 is 0 Å². The first-order chi connectivity index (χ1) is 11.6. The Balaban J connectivity index is 2.23. The summed E-state index contributed by atoms with van der Waals surface area (Å²) in [4.78, 5) is 14.2. The number of nitrogens with two attached hydrogens (primary N) is 1. The van der Waals surface area contributed by atoms with Crippen molar-refractivity contribution in [3.8, 4) is 0 Å². The number of hydrogen-bond acceptors (Lipinski definition) is 4. The van der Waals surface area contributed by atoms with E-state index in [1.807, 2.05) is 33.8 Å². The predicted molar refractivity (Wildman–Crippen MR) is 99.0 cm³/mol. The zero-order valence-corrected chi connectivity index (χ0v) is 16.6. The van der Waals surface area contributed by atoms with Gasteiger partial charge in [-0.25, -0.2) is 8.42 Å². The maximum Gasteiger partial charge on any atom is 0.243 e. The van der Waals surface area contributed by atoms with Crippen LogP contribution in [0.5, 0.6) is 0 Å². The van der Waals surface area contributed by atoms with Crippen molar-refractivity contribution in [1.82, 2.24) is 9.21 Å². The van der Waals surface area contributed by atoms with Crippen LogP contribution >= 0.6 is 0 Å². The summed E-state index contributed by atoms with van der Waals surface area (Å²) in [6, 6.07) is 1.84. The monoisotopic (exact) mass is 367 g/mol. The van der Waals surface area contributed by atoms with Gasteiger partial charge in [0.2, 0.25) is 15.9 Å². The maximum atomic E-state index is 13.2. The molecular weight excluding hydrogens is 338 g/mol. The Bertz CT molecular complexity index is 738. The van der Waals surface area contributed by atoms with Gasteiger partial charge in [-0.1, -0.05) is 6.07 Å². The van der Waals surface area contributed by atoms with Crippen molar-refractivity contribution in [2.45, 2.75) is 52.0 Å². The molecule has 6 nitrogen and oxygen atoms in total. The first-order valence-electron chi connectivity index (χ1n) is 8.66. The van der Waals surface area contributed by atoms with E-state index in [0.29, 0.717) is 37.5 Å². The Hall–Kier alpha value is -1.44. The minimum absolute atomic E-state index is 0.00851. The van der Waals surface area contributed by atoms with Gasteiger partial charge in [-0.2, -0.15) is 4.31 Å². The molecule has 1 fully saturated rings. The minimum atomic E-state index is -3.57. The summed E-state index contributed by atoms with van der Waals surface area (Å²) in [5.74, 6) is -0.00851. The summed E-state index contributed by atoms with van der Waals surface area (Å²) in [7, 11) is -3.57. The summed E-state index contributed by atoms with van der Waals surface area (Å²) < 4.78 is 27.9. The lowest BCUT2D eigenvalue weighted by Gasteiger charge is -2.35. The van der Waals surface area contributed by atoms with Gasteiger partial charge in [-0.3, -0.25) is 4.79 Å². The van der Waals surface area contributed by atoms with Crippen LogP contribution in [0.25, 0.3) is 0 Å². The Labute approximate surface area is 151 Å². The molecule has 1 heterocycles. The average Bonchev–Trinajstić information content (AvgIpc) is 2.52. The molecule has 1 aliphatic rings. The lowest BCUT2D eigenvalue weighted by molar-refractivity contribution is -0.132. The van der Waals surface area contributed by atoms with Crippen LogP contribution in [-0.4, -0.2) is 55.8 Å². The van der Waals surface area contributed by atoms with Crippen LogP contribution < -0.4 is 5.73 Å². The number of sulfonamides is 1. The highest BCUT2D eigenvalue weighted by molar-refractivity contribution is 7.89. The topological polar surface area (TPSA) is 83.7 Å². The van der Waals surface area contributed by atoms with Crippen molar-refractivity contribution in [3.63, 3.8) is 0 Å². The van der Waals surface area contributed by atoms with E-state index in [-0.39, 0.29) is 11.9 Å². The molecule has 1 aromatic rings. The molecule has 2 N–H and O–H groups in total. The van der Waals surface area contributed by atoms with Gasteiger partial charge in [0, 0.05) is 38.6 Å². The molecule has 0 aliphatic carbocycles. The van der Waals surface area contributed by atoms with Crippen LogP contribution in [0.3, 0.4) is 0 Å². The summed E-state index contributed by atoms with van der Waals surface area (Å²) in [6.07, 6.45) is 0.294. The highest BCUT2D eigenvalue weighted by Crippen LogP contribution is 2.29. The number of aryl methyl sites for hydroxylation is 2. The molecule has 1 aliphatic heterocycles. The smallest absolute Gasteiger partial charge is 0.243 e. The first-order valence-corrected chi connectivity index (χ1v) is 10.1. The normalized spacial score (nSPS) is 17.6. The quantitative estimate of drug-likeness (QED) is 0.874. The van der Waals surface area contributed by atoms with Crippen LogP contribution in [0, 0.1) is 27.7 Å². The third-order valence-electron chi connectivity index (χ3n) is 4.98. The van der Waals surface area contributed by atoms with Gasteiger partial charge in [0.05, 0.1) is 4.90 Å². The average molecular weight is 368 g/mol. The van der Waals surface area contributed by atoms with E-state index in [9.17, 15) is 13.2 Å². The number of carbonyl (C=O) groups excluding carboxylic acids is 1. The fraction of sp³-hybridized carbons (Fsp3) is 0.611. The first kappa shape index (κ1) is 19.9. The van der Waals surface area contributed by atoms with E-state index in [0.717, 1.165) is 22.3 Å². The molecule has 140 valence electrons. The molecule has 0 radical (unpaired) electrons. The second-order valence-electron chi connectivity index (χ2n) is 7.06. The number of amides is 1. The SMILES string of the molecule is Cc1cc(C)c(C)c(S(=O)(=O)N2CCN(C(=O)CC(C)N)CC2)c1C. The molecule has 1 amide bonds. The van der Waals surface area contributed by atoms with Crippen molar-refractivity contribution >= 4 is 15.9 Å². The Morgan fingerprint density at radius 3 is 2.00 bits per heavy atom. The highest BCUT2D eigenvalue weighted by Gasteiger charge is 2.32. The zero-order valence-electron chi connectivity index (χ0n) is 15.8. The lowest BCUT2D eigenvalue weighted by atomic mass is 10.0. The molecule has 25 heavy (non-hydrogen) atoms. The van der Waals surface area contributed by atoms with Crippen molar-refractivity contribution in [1.29, 1.82) is 0 Å². The maximum absolute atomic E-state index is 13.2. The summed E-state index contributed by atoms with van der Waals surface area (Å²) in [5.41, 5.74) is 9.25. The standard InChI is InChI=1S/C18H29N3O3S/c1-12-10-13(2)16(5)18(15(12)4)25(23,24)21-8-6-20(7-9-21)17(22)11-14(3)19/h10,14H,6-9,11,19H2,1-5H3. The Kier molecular flexibility index (Phi) is 5.91. The van der Waals surface area contributed by atoms with Crippen molar-refractivity contribution < 1.29 is 13.2 Å². The molecular formula is C18H29N3O3S. The lowest BCUT2D eigenvalue weighted by Crippen LogP contribution is -2.51. The summed E-state index contributed by atoms with van der Waals surface area (Å²) in [6.45, 7) is 10.8. The van der Waals surface area contributed by atoms with Crippen LogP contribution in [-0.2, 0) is 14.8 Å². The van der Waals surface area contributed by atoms with Crippen molar-refractivity contribution in [2.75, 3.05) is 26.2 Å². The highest BCUT2D eigenvalue weighted by atomic mass is 32.2. The van der Waals surface area contributed by atoms with Gasteiger partial charge in [0.25, 0.3) is 0 Å². The predicted octanol–water partition coefficient (Wildman–Crippen LogP) is 1.49. The van der Waals surface area contributed by atoms with Crippen LogP contribution in [0.1, 0.15) is 35.6 Å². The molecule has 0 saturated carbocycles. The van der Waals surface area contributed by atoms with Gasteiger partial charge < -0.3 is 10.6 Å². The van der Waals surface area contributed by atoms with Gasteiger partial charge in [-0.15, -0.1) is 0 Å². The molecule has 1 saturated heterocycles. The number of carbonyl (C=O) groups is 1. The minimum Gasteiger partial charge on any atom is -0.340 e. The van der Waals surface area contributed by atoms with E-state index in [2.05, 4.69) is 0 Å². The third kappa shape index (κ3) is 4.04. The number of piperazine rings is 1. The molecule has 0 aromatic heterocycles. The van der Waals surface area contributed by atoms with E-state index in [1.165, 1.54) is 4.31 Å². The number of hydrogen-bond donors (Lipinski definition) is 1. The number of nitrogens with zero attached hydrogens (tertiary/aromatic N) is 2. The molecule has 1 atom stereocenters. The molecule has 0 spiro atoms. The van der Waals surface area contributed by atoms with Crippen LogP contribution in [0.15, 0.2) is 11.0 Å². The Morgan fingerprint density at radius 2 is 1.56 bits per heavy atom. The molecule has 7 heteroatoms. The van der Waals surface area contributed by atoms with E-state index in [4.69, 9.17) is 5.73 Å².